The Hall–Kier alpha value is -2.66. The Balaban J connectivity index is 1.89. The zero-order valence-corrected chi connectivity index (χ0v) is 14.2. The smallest absolute Gasteiger partial charge is 0.336 e. The Morgan fingerprint density at radius 3 is 2.08 bits per heavy atom. The molecular weight excluding hydrogens is 316 g/mol. The van der Waals surface area contributed by atoms with Crippen molar-refractivity contribution in [2.75, 3.05) is 20.1 Å². The Kier molecular flexibility index (Phi) is 5.14. The monoisotopic (exact) mass is 338 g/mol. The summed E-state index contributed by atoms with van der Waals surface area (Å²) in [6.45, 7) is 1.93. The van der Waals surface area contributed by atoms with Crippen molar-refractivity contribution in [2.24, 2.45) is 0 Å². The molecule has 5 heteroatoms. The molecule has 130 valence electrons. The number of hydrogen-bond acceptors (Lipinski definition) is 3. The summed E-state index contributed by atoms with van der Waals surface area (Å²) in [4.78, 5) is 26.6. The number of benzene rings is 2. The van der Waals surface area contributed by atoms with Crippen LogP contribution in [-0.2, 0) is 0 Å². The summed E-state index contributed by atoms with van der Waals surface area (Å²) in [7, 11) is 2.08. The summed E-state index contributed by atoms with van der Waals surface area (Å²) < 4.78 is 0. The van der Waals surface area contributed by atoms with E-state index in [0.717, 1.165) is 25.9 Å². The van der Waals surface area contributed by atoms with Crippen molar-refractivity contribution >= 4 is 11.9 Å². The van der Waals surface area contributed by atoms with Crippen molar-refractivity contribution < 1.29 is 14.7 Å². The number of piperidine rings is 1. The molecule has 2 N–H and O–H groups in total. The number of carboxylic acid groups (broad SMARTS) is 1. The van der Waals surface area contributed by atoms with Gasteiger partial charge >= 0.3 is 5.97 Å². The van der Waals surface area contributed by atoms with Crippen LogP contribution in [0.25, 0.3) is 11.1 Å². The number of amides is 1. The second-order valence-corrected chi connectivity index (χ2v) is 6.45. The van der Waals surface area contributed by atoms with Crippen molar-refractivity contribution in [1.29, 1.82) is 0 Å². The lowest BCUT2D eigenvalue weighted by atomic mass is 9.94. The molecule has 5 nitrogen and oxygen atoms in total. The predicted molar refractivity (Wildman–Crippen MR) is 96.8 cm³/mol. The van der Waals surface area contributed by atoms with E-state index in [0.29, 0.717) is 16.7 Å². The Morgan fingerprint density at radius 2 is 1.48 bits per heavy atom. The van der Waals surface area contributed by atoms with E-state index in [1.807, 2.05) is 6.07 Å². The molecule has 0 spiro atoms. The Bertz CT molecular complexity index is 780. The minimum absolute atomic E-state index is 0.148. The van der Waals surface area contributed by atoms with Gasteiger partial charge in [0.05, 0.1) is 5.56 Å². The third-order valence-electron chi connectivity index (χ3n) is 4.67. The molecule has 0 atom stereocenters. The molecule has 1 heterocycles. The fourth-order valence-electron chi connectivity index (χ4n) is 3.24. The molecule has 1 fully saturated rings. The van der Waals surface area contributed by atoms with Crippen LogP contribution in [0, 0.1) is 0 Å². The van der Waals surface area contributed by atoms with E-state index in [1.165, 1.54) is 0 Å². The third-order valence-corrected chi connectivity index (χ3v) is 4.67. The first kappa shape index (κ1) is 17.2. The first-order valence-electron chi connectivity index (χ1n) is 8.47. The van der Waals surface area contributed by atoms with Gasteiger partial charge in [0.1, 0.15) is 0 Å². The van der Waals surface area contributed by atoms with E-state index in [1.54, 1.807) is 42.5 Å². The molecular formula is C20H22N2O3. The van der Waals surface area contributed by atoms with Crippen molar-refractivity contribution in [3.63, 3.8) is 0 Å². The van der Waals surface area contributed by atoms with Crippen molar-refractivity contribution in [3.05, 3.63) is 59.7 Å². The number of carbonyl (C=O) groups is 2. The van der Waals surface area contributed by atoms with Gasteiger partial charge in [-0.1, -0.05) is 36.4 Å². The van der Waals surface area contributed by atoms with Crippen molar-refractivity contribution in [3.8, 4) is 11.1 Å². The molecule has 1 amide bonds. The highest BCUT2D eigenvalue weighted by atomic mass is 16.4. The van der Waals surface area contributed by atoms with Gasteiger partial charge in [-0.3, -0.25) is 4.79 Å². The van der Waals surface area contributed by atoms with Gasteiger partial charge in [0.2, 0.25) is 0 Å². The number of likely N-dealkylation sites (tertiary alicyclic amines) is 1. The highest BCUT2D eigenvalue weighted by Gasteiger charge is 2.22. The summed E-state index contributed by atoms with van der Waals surface area (Å²) >= 11 is 0. The quantitative estimate of drug-likeness (QED) is 0.899. The normalized spacial score (nSPS) is 15.7. The van der Waals surface area contributed by atoms with Gasteiger partial charge in [-0.2, -0.15) is 0 Å². The first-order chi connectivity index (χ1) is 12.1. The summed E-state index contributed by atoms with van der Waals surface area (Å²) in [5, 5.41) is 12.5. The summed E-state index contributed by atoms with van der Waals surface area (Å²) in [5.41, 5.74) is 1.91. The maximum atomic E-state index is 12.8. The maximum Gasteiger partial charge on any atom is 0.336 e. The zero-order valence-electron chi connectivity index (χ0n) is 14.2. The number of hydrogen-bond donors (Lipinski definition) is 2. The van der Waals surface area contributed by atoms with Crippen LogP contribution < -0.4 is 5.32 Å². The summed E-state index contributed by atoms with van der Waals surface area (Å²) in [6.07, 6.45) is 1.85. The molecule has 0 saturated carbocycles. The van der Waals surface area contributed by atoms with E-state index in [2.05, 4.69) is 17.3 Å². The number of aromatic carboxylic acids is 1. The van der Waals surface area contributed by atoms with Crippen LogP contribution in [0.1, 0.15) is 33.6 Å². The lowest BCUT2D eigenvalue weighted by Crippen LogP contribution is -2.43. The molecule has 0 radical (unpaired) electrons. The van der Waals surface area contributed by atoms with E-state index < -0.39 is 5.97 Å². The number of rotatable bonds is 4. The van der Waals surface area contributed by atoms with Crippen LogP contribution in [0.5, 0.6) is 0 Å². The van der Waals surface area contributed by atoms with Crippen LogP contribution in [-0.4, -0.2) is 48.1 Å². The van der Waals surface area contributed by atoms with Gasteiger partial charge in [0.25, 0.3) is 5.91 Å². The Morgan fingerprint density at radius 1 is 0.960 bits per heavy atom. The van der Waals surface area contributed by atoms with Gasteiger partial charge < -0.3 is 15.3 Å². The second kappa shape index (κ2) is 7.49. The molecule has 2 aromatic rings. The molecule has 1 saturated heterocycles. The molecule has 0 aromatic heterocycles. The lowest BCUT2D eigenvalue weighted by molar-refractivity contribution is 0.0697. The van der Waals surface area contributed by atoms with Crippen LogP contribution in [0.4, 0.5) is 0 Å². The van der Waals surface area contributed by atoms with Crippen LogP contribution >= 0.6 is 0 Å². The third kappa shape index (κ3) is 3.88. The largest absolute Gasteiger partial charge is 0.478 e. The predicted octanol–water partition coefficient (Wildman–Crippen LogP) is 2.88. The second-order valence-electron chi connectivity index (χ2n) is 6.45. The van der Waals surface area contributed by atoms with Crippen LogP contribution in [0.3, 0.4) is 0 Å². The van der Waals surface area contributed by atoms with Gasteiger partial charge in [-0.05, 0) is 56.2 Å². The average Bonchev–Trinajstić information content (AvgIpc) is 2.63. The molecule has 3 rings (SSSR count). The van der Waals surface area contributed by atoms with Crippen LogP contribution in [0.15, 0.2) is 48.5 Å². The number of carbonyl (C=O) groups excluding carboxylic acids is 1. The van der Waals surface area contributed by atoms with Gasteiger partial charge in [0, 0.05) is 11.6 Å². The number of carboxylic acids is 1. The average molecular weight is 338 g/mol. The Labute approximate surface area is 147 Å². The molecule has 2 aromatic carbocycles. The van der Waals surface area contributed by atoms with Crippen molar-refractivity contribution in [2.45, 2.75) is 18.9 Å². The van der Waals surface area contributed by atoms with E-state index in [9.17, 15) is 14.7 Å². The zero-order chi connectivity index (χ0) is 17.8. The highest BCUT2D eigenvalue weighted by molar-refractivity contribution is 6.04. The molecule has 1 aliphatic heterocycles. The molecule has 0 unspecified atom stereocenters. The van der Waals surface area contributed by atoms with E-state index in [4.69, 9.17) is 0 Å². The summed E-state index contributed by atoms with van der Waals surface area (Å²) in [5.74, 6) is -1.15. The molecule has 0 aliphatic carbocycles. The highest BCUT2D eigenvalue weighted by Crippen LogP contribution is 2.27. The van der Waals surface area contributed by atoms with Gasteiger partial charge in [-0.25, -0.2) is 4.79 Å². The minimum Gasteiger partial charge on any atom is -0.478 e. The maximum absolute atomic E-state index is 12.8. The SMILES string of the molecule is CN1CCC(NC(=O)c2ccccc2-c2ccccc2C(=O)O)CC1. The topological polar surface area (TPSA) is 69.6 Å². The molecule has 0 bridgehead atoms. The number of nitrogens with zero attached hydrogens (tertiary/aromatic N) is 1. The molecule has 25 heavy (non-hydrogen) atoms. The standard InChI is InChI=1S/C20H22N2O3/c1-22-12-10-14(11-13-22)21-19(23)17-8-4-2-6-15(17)16-7-3-5-9-18(16)20(24)25/h2-9,14H,10-13H2,1H3,(H,21,23)(H,24,25). The van der Waals surface area contributed by atoms with Crippen LogP contribution in [0.2, 0.25) is 0 Å². The summed E-state index contributed by atoms with van der Waals surface area (Å²) in [6, 6.07) is 14.1. The fraction of sp³-hybridized carbons (Fsp3) is 0.300. The lowest BCUT2D eigenvalue weighted by Gasteiger charge is -2.29. The molecule has 1 aliphatic rings. The van der Waals surface area contributed by atoms with Gasteiger partial charge in [0.15, 0.2) is 0 Å². The van der Waals surface area contributed by atoms with E-state index >= 15 is 0 Å². The fourth-order valence-corrected chi connectivity index (χ4v) is 3.24. The number of nitrogens with one attached hydrogen (secondary N) is 1. The van der Waals surface area contributed by atoms with Gasteiger partial charge in [-0.15, -0.1) is 0 Å². The minimum atomic E-state index is -0.999. The first-order valence-corrected chi connectivity index (χ1v) is 8.47. The van der Waals surface area contributed by atoms with E-state index in [-0.39, 0.29) is 17.5 Å². The van der Waals surface area contributed by atoms with Crippen molar-refractivity contribution in [1.82, 2.24) is 10.2 Å².